The summed E-state index contributed by atoms with van der Waals surface area (Å²) in [5, 5.41) is 0. The van der Waals surface area contributed by atoms with Gasteiger partial charge in [-0.25, -0.2) is 0 Å². The monoisotopic (exact) mass is 292 g/mol. The second-order valence-electron chi connectivity index (χ2n) is 7.17. The van der Waals surface area contributed by atoms with Gasteiger partial charge in [-0.3, -0.25) is 4.79 Å². The van der Waals surface area contributed by atoms with Crippen molar-refractivity contribution in [2.45, 2.75) is 83.5 Å². The van der Waals surface area contributed by atoms with Crippen molar-refractivity contribution in [2.24, 2.45) is 11.8 Å². The van der Waals surface area contributed by atoms with E-state index in [9.17, 15) is 4.79 Å². The molecule has 0 amide bonds. The fourth-order valence-corrected chi connectivity index (χ4v) is 4.20. The molecule has 0 aromatic heterocycles. The molecule has 0 spiro atoms. The number of Topliss-reactive ketones (excluding diaryl/α,β-unsaturated/α-hetero) is 1. The molecule has 2 aliphatic carbocycles. The summed E-state index contributed by atoms with van der Waals surface area (Å²) < 4.78 is 11.9. The zero-order valence-corrected chi connectivity index (χ0v) is 13.3. The Morgan fingerprint density at radius 1 is 1.14 bits per heavy atom. The molecule has 21 heavy (non-hydrogen) atoms. The van der Waals surface area contributed by atoms with Gasteiger partial charge in [0.05, 0.1) is 24.4 Å². The highest BCUT2D eigenvalue weighted by molar-refractivity contribution is 5.98. The molecule has 3 heteroatoms. The number of hydrogen-bond donors (Lipinski definition) is 0. The first kappa shape index (κ1) is 15.1. The molecule has 0 radical (unpaired) electrons. The second kappa shape index (κ2) is 6.51. The summed E-state index contributed by atoms with van der Waals surface area (Å²) in [4.78, 5) is 12.8. The highest BCUT2D eigenvalue weighted by Crippen LogP contribution is 2.39. The first-order valence-corrected chi connectivity index (χ1v) is 8.70. The molecule has 0 aromatic rings. The van der Waals surface area contributed by atoms with Crippen molar-refractivity contribution in [2.75, 3.05) is 0 Å². The molecule has 3 atom stereocenters. The Morgan fingerprint density at radius 3 is 2.62 bits per heavy atom. The van der Waals surface area contributed by atoms with E-state index in [4.69, 9.17) is 9.47 Å². The van der Waals surface area contributed by atoms with Crippen molar-refractivity contribution >= 4 is 5.78 Å². The molecule has 0 aromatic carbocycles. The summed E-state index contributed by atoms with van der Waals surface area (Å²) >= 11 is 0. The quantitative estimate of drug-likeness (QED) is 0.788. The van der Waals surface area contributed by atoms with E-state index in [2.05, 4.69) is 13.8 Å². The average molecular weight is 292 g/mol. The van der Waals surface area contributed by atoms with Gasteiger partial charge in [0.1, 0.15) is 6.10 Å². The summed E-state index contributed by atoms with van der Waals surface area (Å²) in [7, 11) is 0. The number of ketones is 1. The van der Waals surface area contributed by atoms with Crippen LogP contribution >= 0.6 is 0 Å². The standard InChI is InChI=1S/C18H28O3/c1-12(2)21-14-8-9-15-17(10-14)20-11-16(18(15)19)13-6-4-3-5-7-13/h11-15,17H,3-10H2,1-2H3. The Balaban J connectivity index is 1.65. The summed E-state index contributed by atoms with van der Waals surface area (Å²) in [6.45, 7) is 4.14. The van der Waals surface area contributed by atoms with Crippen molar-refractivity contribution < 1.29 is 14.3 Å². The van der Waals surface area contributed by atoms with Crippen molar-refractivity contribution in [1.82, 2.24) is 0 Å². The lowest BCUT2D eigenvalue weighted by molar-refractivity contribution is -0.133. The Bertz CT molecular complexity index is 407. The lowest BCUT2D eigenvalue weighted by atomic mass is 9.74. The van der Waals surface area contributed by atoms with Crippen LogP contribution in [0.4, 0.5) is 0 Å². The highest BCUT2D eigenvalue weighted by atomic mass is 16.5. The van der Waals surface area contributed by atoms with Crippen LogP contribution in [0.25, 0.3) is 0 Å². The fraction of sp³-hybridized carbons (Fsp3) is 0.833. The number of rotatable bonds is 3. The predicted octanol–water partition coefficient (Wildman–Crippen LogP) is 4.01. The van der Waals surface area contributed by atoms with Crippen LogP contribution < -0.4 is 0 Å². The molecule has 1 aliphatic heterocycles. The fourth-order valence-electron chi connectivity index (χ4n) is 4.20. The number of fused-ring (bicyclic) bond motifs is 1. The van der Waals surface area contributed by atoms with Crippen LogP contribution in [0, 0.1) is 11.8 Å². The molecule has 3 nitrogen and oxygen atoms in total. The largest absolute Gasteiger partial charge is 0.497 e. The van der Waals surface area contributed by atoms with Gasteiger partial charge in [-0.15, -0.1) is 0 Å². The third kappa shape index (κ3) is 3.33. The lowest BCUT2D eigenvalue weighted by Crippen LogP contribution is -2.43. The van der Waals surface area contributed by atoms with Crippen LogP contribution in [0.5, 0.6) is 0 Å². The third-order valence-corrected chi connectivity index (χ3v) is 5.24. The van der Waals surface area contributed by atoms with Crippen molar-refractivity contribution in [3.8, 4) is 0 Å². The summed E-state index contributed by atoms with van der Waals surface area (Å²) in [5.41, 5.74) is 0.985. The summed E-state index contributed by atoms with van der Waals surface area (Å²) in [6.07, 6.45) is 11.3. The van der Waals surface area contributed by atoms with Gasteiger partial charge >= 0.3 is 0 Å². The van der Waals surface area contributed by atoms with Gasteiger partial charge < -0.3 is 9.47 Å². The lowest BCUT2D eigenvalue weighted by Gasteiger charge is -2.39. The van der Waals surface area contributed by atoms with Crippen LogP contribution in [0.2, 0.25) is 0 Å². The molecule has 2 fully saturated rings. The Kier molecular flexibility index (Phi) is 4.68. The molecule has 1 heterocycles. The van der Waals surface area contributed by atoms with E-state index in [-0.39, 0.29) is 24.2 Å². The molecule has 3 aliphatic rings. The van der Waals surface area contributed by atoms with E-state index in [0.29, 0.717) is 11.7 Å². The number of hydrogen-bond acceptors (Lipinski definition) is 3. The molecule has 3 unspecified atom stereocenters. The SMILES string of the molecule is CC(C)OC1CCC2C(=O)C(C3CCCCC3)=COC2C1. The molecule has 3 rings (SSSR count). The van der Waals surface area contributed by atoms with Gasteiger partial charge in [0.15, 0.2) is 5.78 Å². The van der Waals surface area contributed by atoms with E-state index in [0.717, 1.165) is 37.7 Å². The highest BCUT2D eigenvalue weighted by Gasteiger charge is 2.42. The minimum Gasteiger partial charge on any atom is -0.497 e. The Morgan fingerprint density at radius 2 is 1.90 bits per heavy atom. The molecule has 0 bridgehead atoms. The van der Waals surface area contributed by atoms with Crippen molar-refractivity contribution in [3.05, 3.63) is 11.8 Å². The second-order valence-corrected chi connectivity index (χ2v) is 7.17. The van der Waals surface area contributed by atoms with Crippen LogP contribution in [-0.4, -0.2) is 24.1 Å². The van der Waals surface area contributed by atoms with E-state index in [1.54, 1.807) is 6.26 Å². The minimum atomic E-state index is 0.0438. The first-order valence-electron chi connectivity index (χ1n) is 8.70. The van der Waals surface area contributed by atoms with Crippen LogP contribution in [0.3, 0.4) is 0 Å². The van der Waals surface area contributed by atoms with Gasteiger partial charge in [0, 0.05) is 12.0 Å². The van der Waals surface area contributed by atoms with E-state index < -0.39 is 0 Å². The van der Waals surface area contributed by atoms with E-state index >= 15 is 0 Å². The minimum absolute atomic E-state index is 0.0438. The summed E-state index contributed by atoms with van der Waals surface area (Å²) in [6, 6.07) is 0. The van der Waals surface area contributed by atoms with Gasteiger partial charge in [-0.2, -0.15) is 0 Å². The Labute approximate surface area is 128 Å². The molecular weight excluding hydrogens is 264 g/mol. The molecular formula is C18H28O3. The zero-order valence-electron chi connectivity index (χ0n) is 13.3. The molecule has 0 saturated heterocycles. The maximum absolute atomic E-state index is 12.8. The van der Waals surface area contributed by atoms with E-state index in [1.807, 2.05) is 0 Å². The van der Waals surface area contributed by atoms with E-state index in [1.165, 1.54) is 19.3 Å². The summed E-state index contributed by atoms with van der Waals surface area (Å²) in [5.74, 6) is 0.914. The van der Waals surface area contributed by atoms with Gasteiger partial charge in [-0.05, 0) is 45.4 Å². The number of carbonyl (C=O) groups excluding carboxylic acids is 1. The maximum Gasteiger partial charge on any atom is 0.168 e. The average Bonchev–Trinajstić information content (AvgIpc) is 2.48. The van der Waals surface area contributed by atoms with Gasteiger partial charge in [0.25, 0.3) is 0 Å². The third-order valence-electron chi connectivity index (χ3n) is 5.24. The Hall–Kier alpha value is -0.830. The smallest absolute Gasteiger partial charge is 0.168 e. The van der Waals surface area contributed by atoms with Crippen LogP contribution in [0.1, 0.15) is 65.2 Å². The molecule has 118 valence electrons. The van der Waals surface area contributed by atoms with Gasteiger partial charge in [-0.1, -0.05) is 19.3 Å². The van der Waals surface area contributed by atoms with Gasteiger partial charge in [0.2, 0.25) is 0 Å². The van der Waals surface area contributed by atoms with Crippen molar-refractivity contribution in [3.63, 3.8) is 0 Å². The maximum atomic E-state index is 12.8. The van der Waals surface area contributed by atoms with Crippen molar-refractivity contribution in [1.29, 1.82) is 0 Å². The topological polar surface area (TPSA) is 35.5 Å². The van der Waals surface area contributed by atoms with Crippen LogP contribution in [0.15, 0.2) is 11.8 Å². The predicted molar refractivity (Wildman–Crippen MR) is 81.9 cm³/mol. The zero-order chi connectivity index (χ0) is 14.8. The number of ether oxygens (including phenoxy) is 2. The normalized spacial score (nSPS) is 34.3. The number of allylic oxidation sites excluding steroid dienone is 1. The molecule has 2 saturated carbocycles. The van der Waals surface area contributed by atoms with Crippen LogP contribution in [-0.2, 0) is 14.3 Å². The number of carbonyl (C=O) groups is 1. The first-order chi connectivity index (χ1) is 10.1. The molecule has 0 N–H and O–H groups in total.